The molecule has 0 aliphatic carbocycles. The Bertz CT molecular complexity index is 1480. The Balaban J connectivity index is 1.32. The molecule has 2 aromatic carbocycles. The van der Waals surface area contributed by atoms with Crippen molar-refractivity contribution >= 4 is 40.4 Å². The quantitative estimate of drug-likeness (QED) is 0.284. The zero-order chi connectivity index (χ0) is 26.6. The summed E-state index contributed by atoms with van der Waals surface area (Å²) < 4.78 is 13.0. The first-order chi connectivity index (χ1) is 18.4. The third kappa shape index (κ3) is 5.31. The van der Waals surface area contributed by atoms with Gasteiger partial charge in [0.05, 0.1) is 26.2 Å². The molecule has 196 valence electrons. The number of anilines is 1. The lowest BCUT2D eigenvalue weighted by molar-refractivity contribution is -0.141. The van der Waals surface area contributed by atoms with Gasteiger partial charge < -0.3 is 19.1 Å². The fourth-order valence-electron chi connectivity index (χ4n) is 4.93. The maximum Gasteiger partial charge on any atom is 0.413 e. The molecule has 9 heteroatoms. The molecule has 1 aliphatic heterocycles. The Morgan fingerprint density at radius 1 is 1.13 bits per heavy atom. The van der Waals surface area contributed by atoms with Gasteiger partial charge in [-0.05, 0) is 60.4 Å². The predicted molar refractivity (Wildman–Crippen MR) is 145 cm³/mol. The van der Waals surface area contributed by atoms with Gasteiger partial charge in [-0.3, -0.25) is 9.69 Å². The molecule has 0 saturated heterocycles. The number of halogens is 1. The number of nitrogens with zero attached hydrogens (tertiary/aromatic N) is 3. The monoisotopic (exact) mass is 533 g/mol. The van der Waals surface area contributed by atoms with Gasteiger partial charge in [0.25, 0.3) is 0 Å². The van der Waals surface area contributed by atoms with Crippen LogP contribution in [-0.2, 0) is 22.4 Å². The third-order valence-electron chi connectivity index (χ3n) is 6.83. The van der Waals surface area contributed by atoms with Crippen LogP contribution in [0.3, 0.4) is 0 Å². The number of ether oxygens (including phenoxy) is 2. The zero-order valence-corrected chi connectivity index (χ0v) is 21.7. The van der Waals surface area contributed by atoms with Crippen molar-refractivity contribution in [1.29, 1.82) is 0 Å². The van der Waals surface area contributed by atoms with Crippen LogP contribution >= 0.6 is 11.6 Å². The molecular weight excluding hydrogens is 506 g/mol. The smallest absolute Gasteiger partial charge is 0.413 e. The predicted octanol–water partition coefficient (Wildman–Crippen LogP) is 5.89. The minimum Gasteiger partial charge on any atom is -0.493 e. The summed E-state index contributed by atoms with van der Waals surface area (Å²) >= 11 is 6.49. The largest absolute Gasteiger partial charge is 0.493 e. The minimum absolute atomic E-state index is 0.148. The standard InChI is InChI=1S/C29H28ClN3O5/c1-37-27(34)18-26(23-6-2-3-7-24(23)30)32-15-12-20-17-22(10-11-25(20)32)38-16-13-21-9-8-19-5-4-14-33(29(35)36)28(19)31-21/h2-3,6-12,15,17,26H,4-5,13-14,16,18H2,1H3,(H,35,36). The molecule has 3 heterocycles. The first-order valence-electron chi connectivity index (χ1n) is 12.5. The van der Waals surface area contributed by atoms with Crippen molar-refractivity contribution in [3.63, 3.8) is 0 Å². The van der Waals surface area contributed by atoms with Crippen LogP contribution in [0.5, 0.6) is 5.75 Å². The van der Waals surface area contributed by atoms with Crippen molar-refractivity contribution in [1.82, 2.24) is 9.55 Å². The van der Waals surface area contributed by atoms with Crippen LogP contribution in [0.2, 0.25) is 5.02 Å². The van der Waals surface area contributed by atoms with Crippen LogP contribution in [0.15, 0.2) is 66.9 Å². The maximum atomic E-state index is 12.2. The fraction of sp³-hybridized carbons (Fsp3) is 0.276. The van der Waals surface area contributed by atoms with Gasteiger partial charge in [-0.2, -0.15) is 0 Å². The number of benzene rings is 2. The number of amides is 1. The van der Waals surface area contributed by atoms with Gasteiger partial charge >= 0.3 is 12.1 Å². The molecule has 8 nitrogen and oxygen atoms in total. The van der Waals surface area contributed by atoms with Crippen molar-refractivity contribution in [3.8, 4) is 5.75 Å². The molecular formula is C29H28ClN3O5. The lowest BCUT2D eigenvalue weighted by atomic mass is 10.0. The third-order valence-corrected chi connectivity index (χ3v) is 7.18. The molecule has 1 N–H and O–H groups in total. The number of aromatic nitrogens is 2. The van der Waals surface area contributed by atoms with Crippen molar-refractivity contribution in [2.24, 2.45) is 0 Å². The van der Waals surface area contributed by atoms with Gasteiger partial charge in [0.2, 0.25) is 0 Å². The summed E-state index contributed by atoms with van der Waals surface area (Å²) in [6.07, 6.45) is 3.30. The molecule has 0 bridgehead atoms. The van der Waals surface area contributed by atoms with Gasteiger partial charge in [0.15, 0.2) is 0 Å². The number of carboxylic acid groups (broad SMARTS) is 1. The van der Waals surface area contributed by atoms with Gasteiger partial charge in [-0.25, -0.2) is 9.78 Å². The fourth-order valence-corrected chi connectivity index (χ4v) is 5.19. The average molecular weight is 534 g/mol. The van der Waals surface area contributed by atoms with E-state index >= 15 is 0 Å². The lowest BCUT2D eigenvalue weighted by Crippen LogP contribution is -2.35. The summed E-state index contributed by atoms with van der Waals surface area (Å²) in [6.45, 7) is 0.863. The van der Waals surface area contributed by atoms with E-state index in [1.54, 1.807) is 0 Å². The SMILES string of the molecule is COC(=O)CC(c1ccccc1Cl)n1ccc2cc(OCCc3ccc4c(n3)N(C(=O)O)CCC4)ccc21. The number of hydrogen-bond acceptors (Lipinski definition) is 5. The molecule has 1 unspecified atom stereocenters. The van der Waals surface area contributed by atoms with Crippen LogP contribution in [0, 0.1) is 0 Å². The topological polar surface area (TPSA) is 93.9 Å². The number of hydrogen-bond donors (Lipinski definition) is 1. The number of methoxy groups -OCH3 is 1. The minimum atomic E-state index is -0.976. The van der Waals surface area contributed by atoms with Crippen molar-refractivity contribution in [2.75, 3.05) is 25.2 Å². The first kappa shape index (κ1) is 25.6. The molecule has 2 aromatic heterocycles. The lowest BCUT2D eigenvalue weighted by Gasteiger charge is -2.26. The molecule has 4 aromatic rings. The number of aryl methyl sites for hydroxylation is 1. The highest BCUT2D eigenvalue weighted by molar-refractivity contribution is 6.31. The molecule has 0 saturated carbocycles. The molecule has 38 heavy (non-hydrogen) atoms. The second-order valence-electron chi connectivity index (χ2n) is 9.18. The second kappa shape index (κ2) is 11.1. The van der Waals surface area contributed by atoms with E-state index in [1.165, 1.54) is 12.0 Å². The Morgan fingerprint density at radius 3 is 2.76 bits per heavy atom. The van der Waals surface area contributed by atoms with Crippen LogP contribution < -0.4 is 9.64 Å². The van der Waals surface area contributed by atoms with Crippen molar-refractivity contribution in [2.45, 2.75) is 31.7 Å². The number of fused-ring (bicyclic) bond motifs is 2. The molecule has 0 spiro atoms. The van der Waals surface area contributed by atoms with E-state index in [1.807, 2.05) is 71.4 Å². The Labute approximate surface area is 225 Å². The van der Waals surface area contributed by atoms with Crippen LogP contribution in [0.1, 0.15) is 35.7 Å². The summed E-state index contributed by atoms with van der Waals surface area (Å²) in [7, 11) is 1.38. The highest BCUT2D eigenvalue weighted by Crippen LogP contribution is 2.33. The van der Waals surface area contributed by atoms with Crippen molar-refractivity contribution in [3.05, 3.63) is 88.7 Å². The van der Waals surface area contributed by atoms with Gasteiger partial charge in [-0.1, -0.05) is 35.9 Å². The number of rotatable bonds is 8. The Hall–Kier alpha value is -4.04. The molecule has 5 rings (SSSR count). The van der Waals surface area contributed by atoms with Crippen LogP contribution in [0.25, 0.3) is 10.9 Å². The van der Waals surface area contributed by atoms with Gasteiger partial charge in [-0.15, -0.1) is 0 Å². The number of pyridine rings is 1. The Morgan fingerprint density at radius 2 is 1.97 bits per heavy atom. The van der Waals surface area contributed by atoms with E-state index < -0.39 is 6.09 Å². The highest BCUT2D eigenvalue weighted by atomic mass is 35.5. The summed E-state index contributed by atoms with van der Waals surface area (Å²) in [5.41, 5.74) is 3.53. The number of carbonyl (C=O) groups excluding carboxylic acids is 1. The molecule has 1 atom stereocenters. The molecule has 0 radical (unpaired) electrons. The van der Waals surface area contributed by atoms with E-state index in [0.717, 1.165) is 40.6 Å². The van der Waals surface area contributed by atoms with E-state index in [4.69, 9.17) is 21.1 Å². The summed E-state index contributed by atoms with van der Waals surface area (Å²) in [6, 6.07) is 18.9. The first-order valence-corrected chi connectivity index (χ1v) is 12.9. The van der Waals surface area contributed by atoms with Crippen molar-refractivity contribution < 1.29 is 24.2 Å². The molecule has 1 amide bonds. The maximum absolute atomic E-state index is 12.2. The second-order valence-corrected chi connectivity index (χ2v) is 9.59. The normalized spacial score (nSPS) is 13.7. The van der Waals surface area contributed by atoms with Gasteiger partial charge in [0.1, 0.15) is 11.6 Å². The van der Waals surface area contributed by atoms with Gasteiger partial charge in [0, 0.05) is 40.8 Å². The summed E-state index contributed by atoms with van der Waals surface area (Å²) in [4.78, 5) is 29.7. The summed E-state index contributed by atoms with van der Waals surface area (Å²) in [5.74, 6) is 0.922. The summed E-state index contributed by atoms with van der Waals surface area (Å²) in [5, 5.41) is 11.0. The highest BCUT2D eigenvalue weighted by Gasteiger charge is 2.24. The zero-order valence-electron chi connectivity index (χ0n) is 21.0. The molecule has 0 fully saturated rings. The molecule has 1 aliphatic rings. The Kier molecular flexibility index (Phi) is 7.51. The van der Waals surface area contributed by atoms with E-state index in [2.05, 4.69) is 4.98 Å². The van der Waals surface area contributed by atoms with E-state index in [0.29, 0.717) is 36.2 Å². The number of esters is 1. The van der Waals surface area contributed by atoms with E-state index in [9.17, 15) is 14.7 Å². The van der Waals surface area contributed by atoms with Crippen LogP contribution in [-0.4, -0.2) is 47.0 Å². The average Bonchev–Trinajstić information content (AvgIpc) is 3.34. The van der Waals surface area contributed by atoms with E-state index in [-0.39, 0.29) is 18.4 Å². The number of carbonyl (C=O) groups is 2. The van der Waals surface area contributed by atoms with Crippen LogP contribution in [0.4, 0.5) is 10.6 Å².